The molecule has 0 atom stereocenters. The molecule has 2 aromatic carbocycles. The van der Waals surface area contributed by atoms with E-state index in [0.29, 0.717) is 23.7 Å². The maximum absolute atomic E-state index is 12.6. The number of aromatic nitrogens is 1. The standard InChI is InChI=1S/C23H23N3O2S/c1-15-5-9-18(10-6-15)21-16(2)29-23(24-21)25-22(28)19-11-7-17(8-12-19)14-26-13-3-4-20(26)27/h5-12H,3-4,13-14H2,1-2H3,(H,24,25,28). The molecule has 0 radical (unpaired) electrons. The van der Waals surface area contributed by atoms with Crippen LogP contribution in [-0.2, 0) is 11.3 Å². The Kier molecular flexibility index (Phi) is 5.45. The van der Waals surface area contributed by atoms with Gasteiger partial charge >= 0.3 is 0 Å². The Morgan fingerprint density at radius 3 is 2.48 bits per heavy atom. The fourth-order valence-electron chi connectivity index (χ4n) is 3.45. The number of aryl methyl sites for hydroxylation is 2. The number of likely N-dealkylation sites (tertiary alicyclic amines) is 1. The van der Waals surface area contributed by atoms with E-state index in [9.17, 15) is 9.59 Å². The fraction of sp³-hybridized carbons (Fsp3) is 0.261. The Morgan fingerprint density at radius 2 is 1.83 bits per heavy atom. The van der Waals surface area contributed by atoms with Crippen LogP contribution < -0.4 is 5.32 Å². The van der Waals surface area contributed by atoms with Crippen molar-refractivity contribution >= 4 is 28.3 Å². The zero-order chi connectivity index (χ0) is 20.4. The van der Waals surface area contributed by atoms with E-state index in [-0.39, 0.29) is 11.8 Å². The van der Waals surface area contributed by atoms with Crippen LogP contribution >= 0.6 is 11.3 Å². The number of thiazole rings is 1. The van der Waals surface area contributed by atoms with Gasteiger partial charge in [0.2, 0.25) is 5.91 Å². The molecule has 6 heteroatoms. The first-order chi connectivity index (χ1) is 14.0. The Labute approximate surface area is 174 Å². The molecule has 0 saturated carbocycles. The number of carbonyl (C=O) groups is 2. The number of nitrogens with zero attached hydrogens (tertiary/aromatic N) is 2. The molecule has 1 fully saturated rings. The van der Waals surface area contributed by atoms with Gasteiger partial charge in [0.1, 0.15) is 0 Å². The van der Waals surface area contributed by atoms with Gasteiger partial charge in [-0.1, -0.05) is 42.0 Å². The number of carbonyl (C=O) groups excluding carboxylic acids is 2. The van der Waals surface area contributed by atoms with E-state index in [0.717, 1.165) is 34.7 Å². The first kappa shape index (κ1) is 19.3. The number of nitrogens with one attached hydrogen (secondary N) is 1. The van der Waals surface area contributed by atoms with E-state index in [1.807, 2.05) is 36.1 Å². The summed E-state index contributed by atoms with van der Waals surface area (Å²) in [5.74, 6) is 0.0216. The van der Waals surface area contributed by atoms with Crippen molar-refractivity contribution in [2.75, 3.05) is 11.9 Å². The third-order valence-electron chi connectivity index (χ3n) is 5.10. The number of hydrogen-bond donors (Lipinski definition) is 1. The van der Waals surface area contributed by atoms with E-state index in [1.54, 1.807) is 12.1 Å². The van der Waals surface area contributed by atoms with Gasteiger partial charge in [0.25, 0.3) is 5.91 Å². The van der Waals surface area contributed by atoms with E-state index in [4.69, 9.17) is 0 Å². The summed E-state index contributed by atoms with van der Waals surface area (Å²) in [7, 11) is 0. The molecular formula is C23H23N3O2S. The Bertz CT molecular complexity index is 1040. The number of amides is 2. The third-order valence-corrected chi connectivity index (χ3v) is 5.99. The van der Waals surface area contributed by atoms with Gasteiger partial charge in [-0.2, -0.15) is 0 Å². The quantitative estimate of drug-likeness (QED) is 0.663. The van der Waals surface area contributed by atoms with Gasteiger partial charge in [-0.15, -0.1) is 11.3 Å². The molecule has 5 nitrogen and oxygen atoms in total. The first-order valence-electron chi connectivity index (χ1n) is 9.72. The molecule has 148 valence electrons. The molecule has 0 aliphatic carbocycles. The van der Waals surface area contributed by atoms with Crippen LogP contribution in [0, 0.1) is 13.8 Å². The van der Waals surface area contributed by atoms with Gasteiger partial charge in [-0.25, -0.2) is 4.98 Å². The molecule has 1 saturated heterocycles. The summed E-state index contributed by atoms with van der Waals surface area (Å²) in [5.41, 5.74) is 4.75. The smallest absolute Gasteiger partial charge is 0.257 e. The van der Waals surface area contributed by atoms with Gasteiger partial charge < -0.3 is 4.90 Å². The normalized spacial score (nSPS) is 13.7. The summed E-state index contributed by atoms with van der Waals surface area (Å²) < 4.78 is 0. The second-order valence-electron chi connectivity index (χ2n) is 7.36. The molecule has 1 aliphatic rings. The van der Waals surface area contributed by atoms with E-state index in [1.165, 1.54) is 16.9 Å². The van der Waals surface area contributed by atoms with Crippen molar-refractivity contribution in [2.45, 2.75) is 33.2 Å². The summed E-state index contributed by atoms with van der Waals surface area (Å²) in [6.07, 6.45) is 1.56. The van der Waals surface area contributed by atoms with Crippen LogP contribution in [0.2, 0.25) is 0 Å². The second-order valence-corrected chi connectivity index (χ2v) is 8.56. The highest BCUT2D eigenvalue weighted by molar-refractivity contribution is 7.16. The lowest BCUT2D eigenvalue weighted by atomic mass is 10.1. The van der Waals surface area contributed by atoms with Crippen LogP contribution in [0.15, 0.2) is 48.5 Å². The van der Waals surface area contributed by atoms with E-state index >= 15 is 0 Å². The molecule has 2 heterocycles. The van der Waals surface area contributed by atoms with Crippen LogP contribution in [0.1, 0.15) is 39.2 Å². The maximum atomic E-state index is 12.6. The van der Waals surface area contributed by atoms with Gasteiger partial charge in [-0.05, 0) is 38.0 Å². The van der Waals surface area contributed by atoms with Crippen LogP contribution in [0.3, 0.4) is 0 Å². The lowest BCUT2D eigenvalue weighted by molar-refractivity contribution is -0.128. The summed E-state index contributed by atoms with van der Waals surface area (Å²) in [6.45, 7) is 5.48. The van der Waals surface area contributed by atoms with E-state index in [2.05, 4.69) is 29.4 Å². The zero-order valence-corrected chi connectivity index (χ0v) is 17.4. The predicted molar refractivity (Wildman–Crippen MR) is 116 cm³/mol. The van der Waals surface area contributed by atoms with Crippen LogP contribution in [0.4, 0.5) is 5.13 Å². The zero-order valence-electron chi connectivity index (χ0n) is 16.6. The lowest BCUT2D eigenvalue weighted by Crippen LogP contribution is -2.23. The molecule has 2 amide bonds. The average molecular weight is 406 g/mol. The molecule has 0 spiro atoms. The van der Waals surface area contributed by atoms with Gasteiger partial charge in [0, 0.05) is 35.5 Å². The highest BCUT2D eigenvalue weighted by Crippen LogP contribution is 2.30. The molecule has 1 aromatic heterocycles. The average Bonchev–Trinajstić information content (AvgIpc) is 3.28. The number of benzene rings is 2. The Morgan fingerprint density at radius 1 is 1.10 bits per heavy atom. The minimum atomic E-state index is -0.182. The van der Waals surface area contributed by atoms with Crippen molar-refractivity contribution in [2.24, 2.45) is 0 Å². The SMILES string of the molecule is Cc1ccc(-c2nc(NC(=O)c3ccc(CN4CCCC4=O)cc3)sc2C)cc1. The van der Waals surface area contributed by atoms with Crippen molar-refractivity contribution in [1.82, 2.24) is 9.88 Å². The van der Waals surface area contributed by atoms with E-state index < -0.39 is 0 Å². The largest absolute Gasteiger partial charge is 0.338 e. The first-order valence-corrected chi connectivity index (χ1v) is 10.5. The fourth-order valence-corrected chi connectivity index (χ4v) is 4.28. The van der Waals surface area contributed by atoms with Gasteiger partial charge in [-0.3, -0.25) is 14.9 Å². The second kappa shape index (κ2) is 8.17. The van der Waals surface area contributed by atoms with Crippen molar-refractivity contribution in [3.8, 4) is 11.3 Å². The van der Waals surface area contributed by atoms with Gasteiger partial charge in [0.05, 0.1) is 5.69 Å². The summed E-state index contributed by atoms with van der Waals surface area (Å²) >= 11 is 1.47. The number of anilines is 1. The monoisotopic (exact) mass is 405 g/mol. The summed E-state index contributed by atoms with van der Waals surface area (Å²) in [6, 6.07) is 15.6. The molecule has 1 aliphatic heterocycles. The summed E-state index contributed by atoms with van der Waals surface area (Å²) in [5, 5.41) is 3.50. The third kappa shape index (κ3) is 4.38. The summed E-state index contributed by atoms with van der Waals surface area (Å²) in [4.78, 5) is 31.9. The highest BCUT2D eigenvalue weighted by atomic mass is 32.1. The molecule has 4 rings (SSSR count). The van der Waals surface area contributed by atoms with Crippen LogP contribution in [0.5, 0.6) is 0 Å². The van der Waals surface area contributed by atoms with Gasteiger partial charge in [0.15, 0.2) is 5.13 Å². The lowest BCUT2D eigenvalue weighted by Gasteiger charge is -2.15. The van der Waals surface area contributed by atoms with Crippen LogP contribution in [0.25, 0.3) is 11.3 Å². The van der Waals surface area contributed by atoms with Crippen LogP contribution in [-0.4, -0.2) is 28.2 Å². The Hall–Kier alpha value is -2.99. The van der Waals surface area contributed by atoms with Crippen molar-refractivity contribution in [3.05, 3.63) is 70.1 Å². The molecule has 0 unspecified atom stereocenters. The minimum Gasteiger partial charge on any atom is -0.338 e. The topological polar surface area (TPSA) is 62.3 Å². The predicted octanol–water partition coefficient (Wildman–Crippen LogP) is 4.80. The number of hydrogen-bond acceptors (Lipinski definition) is 4. The minimum absolute atomic E-state index is 0.182. The maximum Gasteiger partial charge on any atom is 0.257 e. The molecular weight excluding hydrogens is 382 g/mol. The number of rotatable bonds is 5. The molecule has 0 bridgehead atoms. The highest BCUT2D eigenvalue weighted by Gasteiger charge is 2.20. The van der Waals surface area contributed by atoms with Crippen molar-refractivity contribution in [3.63, 3.8) is 0 Å². The van der Waals surface area contributed by atoms with Crippen molar-refractivity contribution < 1.29 is 9.59 Å². The Balaban J connectivity index is 1.43. The molecule has 1 N–H and O–H groups in total. The van der Waals surface area contributed by atoms with Crippen molar-refractivity contribution in [1.29, 1.82) is 0 Å². The molecule has 3 aromatic rings. The molecule has 29 heavy (non-hydrogen) atoms.